The van der Waals surface area contributed by atoms with Gasteiger partial charge in [0.1, 0.15) is 30.5 Å². The second-order valence-electron chi connectivity index (χ2n) is 6.05. The molecule has 1 aliphatic carbocycles. The summed E-state index contributed by atoms with van der Waals surface area (Å²) >= 11 is 0. The third kappa shape index (κ3) is 5.47. The zero-order valence-electron chi connectivity index (χ0n) is 12.9. The normalized spacial score (nSPS) is 36.9. The zero-order chi connectivity index (χ0) is 15.8. The summed E-state index contributed by atoms with van der Waals surface area (Å²) in [6, 6.07) is -0.821. The molecule has 0 saturated heterocycles. The second-order valence-corrected chi connectivity index (χ2v) is 6.05. The standard InChI is InChI=1S/C15H31NO5/c1-2-3-4-5-6-7-8-9-16-10-11(17)13(19)15(21)14(20)12(10)18/h10-21H,2-9H2,1H3/t10?,11-,12+,13+,14-,15?. The molecule has 0 amide bonds. The van der Waals surface area contributed by atoms with Crippen molar-refractivity contribution in [2.75, 3.05) is 6.54 Å². The fraction of sp³-hybridized carbons (Fsp3) is 1.00. The Morgan fingerprint density at radius 2 is 1.05 bits per heavy atom. The molecule has 1 fully saturated rings. The molecular weight excluding hydrogens is 274 g/mol. The van der Waals surface area contributed by atoms with Gasteiger partial charge in [-0.05, 0) is 13.0 Å². The first-order valence-corrected chi connectivity index (χ1v) is 8.14. The lowest BCUT2D eigenvalue weighted by atomic mass is 9.83. The molecule has 0 aliphatic heterocycles. The zero-order valence-corrected chi connectivity index (χ0v) is 12.9. The lowest BCUT2D eigenvalue weighted by Crippen LogP contribution is -2.67. The van der Waals surface area contributed by atoms with Gasteiger partial charge in [-0.1, -0.05) is 45.4 Å². The first kappa shape index (κ1) is 18.8. The van der Waals surface area contributed by atoms with Gasteiger partial charge in [0.2, 0.25) is 0 Å². The molecule has 1 saturated carbocycles. The Hall–Kier alpha value is -0.240. The maximum atomic E-state index is 9.85. The van der Waals surface area contributed by atoms with Gasteiger partial charge in [-0.2, -0.15) is 0 Å². The van der Waals surface area contributed by atoms with Gasteiger partial charge in [-0.3, -0.25) is 0 Å². The highest BCUT2D eigenvalue weighted by Crippen LogP contribution is 2.21. The van der Waals surface area contributed by atoms with Crippen molar-refractivity contribution in [3.05, 3.63) is 0 Å². The number of aliphatic hydroxyl groups is 5. The molecule has 0 radical (unpaired) electrons. The van der Waals surface area contributed by atoms with Gasteiger partial charge in [0, 0.05) is 0 Å². The van der Waals surface area contributed by atoms with Gasteiger partial charge in [0.15, 0.2) is 0 Å². The maximum Gasteiger partial charge on any atom is 0.111 e. The Kier molecular flexibility index (Phi) is 8.70. The highest BCUT2D eigenvalue weighted by molar-refractivity contribution is 5.01. The van der Waals surface area contributed by atoms with Crippen molar-refractivity contribution in [2.24, 2.45) is 0 Å². The summed E-state index contributed by atoms with van der Waals surface area (Å²) < 4.78 is 0. The SMILES string of the molecule is CCCCCCCCCNC1[C@@H](O)[C@H](O)C(O)[C@H](O)[C@H]1O. The number of nitrogens with one attached hydrogen (secondary N) is 1. The molecule has 6 atom stereocenters. The number of aliphatic hydroxyl groups excluding tert-OH is 5. The largest absolute Gasteiger partial charge is 0.389 e. The van der Waals surface area contributed by atoms with Crippen LogP contribution in [0.1, 0.15) is 51.9 Å². The van der Waals surface area contributed by atoms with Gasteiger partial charge in [0.05, 0.1) is 6.04 Å². The third-order valence-corrected chi connectivity index (χ3v) is 4.30. The van der Waals surface area contributed by atoms with Gasteiger partial charge < -0.3 is 30.8 Å². The molecule has 0 heterocycles. The fourth-order valence-corrected chi connectivity index (χ4v) is 2.83. The molecule has 0 aromatic heterocycles. The van der Waals surface area contributed by atoms with E-state index in [9.17, 15) is 25.5 Å². The minimum Gasteiger partial charge on any atom is -0.389 e. The molecule has 1 rings (SSSR count). The molecule has 2 unspecified atom stereocenters. The van der Waals surface area contributed by atoms with Gasteiger partial charge >= 0.3 is 0 Å². The van der Waals surface area contributed by atoms with E-state index in [1.807, 2.05) is 0 Å². The Morgan fingerprint density at radius 3 is 1.57 bits per heavy atom. The van der Waals surface area contributed by atoms with Crippen LogP contribution in [-0.2, 0) is 0 Å². The van der Waals surface area contributed by atoms with E-state index >= 15 is 0 Å². The summed E-state index contributed by atoms with van der Waals surface area (Å²) in [5.74, 6) is 0. The molecule has 0 bridgehead atoms. The Morgan fingerprint density at radius 1 is 0.619 bits per heavy atom. The van der Waals surface area contributed by atoms with Crippen molar-refractivity contribution < 1.29 is 25.5 Å². The quantitative estimate of drug-likeness (QED) is 0.321. The average Bonchev–Trinajstić information content (AvgIpc) is 2.49. The summed E-state index contributed by atoms with van der Waals surface area (Å²) in [7, 11) is 0. The van der Waals surface area contributed by atoms with Crippen LogP contribution in [0, 0.1) is 0 Å². The maximum absolute atomic E-state index is 9.85. The molecule has 0 spiro atoms. The monoisotopic (exact) mass is 305 g/mol. The Bertz CT molecular complexity index is 263. The summed E-state index contributed by atoms with van der Waals surface area (Å²) in [5, 5.41) is 51.4. The summed E-state index contributed by atoms with van der Waals surface area (Å²) in [6.07, 6.45) is 1.16. The fourth-order valence-electron chi connectivity index (χ4n) is 2.83. The molecular formula is C15H31NO5. The van der Waals surface area contributed by atoms with Crippen LogP contribution in [0.5, 0.6) is 0 Å². The lowest BCUT2D eigenvalue weighted by molar-refractivity contribution is -0.190. The second kappa shape index (κ2) is 9.71. The van der Waals surface area contributed by atoms with Crippen molar-refractivity contribution in [2.45, 2.75) is 88.4 Å². The third-order valence-electron chi connectivity index (χ3n) is 4.30. The van der Waals surface area contributed by atoms with E-state index in [1.54, 1.807) is 0 Å². The van der Waals surface area contributed by atoms with Crippen LogP contribution in [0.2, 0.25) is 0 Å². The Labute approximate surface area is 126 Å². The van der Waals surface area contributed by atoms with Crippen molar-refractivity contribution in [3.8, 4) is 0 Å². The van der Waals surface area contributed by atoms with Gasteiger partial charge in [-0.25, -0.2) is 0 Å². The van der Waals surface area contributed by atoms with E-state index < -0.39 is 36.6 Å². The molecule has 126 valence electrons. The smallest absolute Gasteiger partial charge is 0.111 e. The summed E-state index contributed by atoms with van der Waals surface area (Å²) in [6.45, 7) is 2.78. The van der Waals surface area contributed by atoms with E-state index in [0.29, 0.717) is 6.54 Å². The van der Waals surface area contributed by atoms with E-state index in [-0.39, 0.29) is 0 Å². The first-order chi connectivity index (χ1) is 10.0. The number of unbranched alkanes of at least 4 members (excludes halogenated alkanes) is 6. The van der Waals surface area contributed by atoms with Gasteiger partial charge in [0.25, 0.3) is 0 Å². The van der Waals surface area contributed by atoms with Crippen LogP contribution in [0.25, 0.3) is 0 Å². The minimum atomic E-state index is -1.52. The van der Waals surface area contributed by atoms with Crippen LogP contribution in [0.3, 0.4) is 0 Å². The highest BCUT2D eigenvalue weighted by Gasteiger charge is 2.47. The molecule has 6 nitrogen and oxygen atoms in total. The highest BCUT2D eigenvalue weighted by atomic mass is 16.4. The average molecular weight is 305 g/mol. The van der Waals surface area contributed by atoms with E-state index in [4.69, 9.17) is 0 Å². The van der Waals surface area contributed by atoms with E-state index in [2.05, 4.69) is 12.2 Å². The Balaban J connectivity index is 2.21. The summed E-state index contributed by atoms with van der Waals surface area (Å²) in [4.78, 5) is 0. The number of hydrogen-bond acceptors (Lipinski definition) is 6. The molecule has 6 heteroatoms. The van der Waals surface area contributed by atoms with Gasteiger partial charge in [-0.15, -0.1) is 0 Å². The molecule has 1 aliphatic rings. The topological polar surface area (TPSA) is 113 Å². The minimum absolute atomic E-state index is 0.599. The van der Waals surface area contributed by atoms with Crippen molar-refractivity contribution >= 4 is 0 Å². The lowest BCUT2D eigenvalue weighted by Gasteiger charge is -2.42. The van der Waals surface area contributed by atoms with Crippen molar-refractivity contribution in [3.63, 3.8) is 0 Å². The number of rotatable bonds is 9. The first-order valence-electron chi connectivity index (χ1n) is 8.14. The van der Waals surface area contributed by atoms with E-state index in [0.717, 1.165) is 12.8 Å². The summed E-state index contributed by atoms with van der Waals surface area (Å²) in [5.41, 5.74) is 0. The van der Waals surface area contributed by atoms with Crippen molar-refractivity contribution in [1.82, 2.24) is 5.32 Å². The molecule has 21 heavy (non-hydrogen) atoms. The molecule has 6 N–H and O–H groups in total. The number of hydrogen-bond donors (Lipinski definition) is 6. The van der Waals surface area contributed by atoms with E-state index in [1.165, 1.54) is 32.1 Å². The predicted molar refractivity (Wildman–Crippen MR) is 79.8 cm³/mol. The molecule has 0 aromatic carbocycles. The van der Waals surface area contributed by atoms with Crippen LogP contribution in [0.15, 0.2) is 0 Å². The van der Waals surface area contributed by atoms with Crippen LogP contribution >= 0.6 is 0 Å². The van der Waals surface area contributed by atoms with Crippen LogP contribution in [-0.4, -0.2) is 68.6 Å². The van der Waals surface area contributed by atoms with Crippen molar-refractivity contribution in [1.29, 1.82) is 0 Å². The predicted octanol–water partition coefficient (Wildman–Crippen LogP) is -0.487. The van der Waals surface area contributed by atoms with Crippen LogP contribution < -0.4 is 5.32 Å². The molecule has 0 aromatic rings. The van der Waals surface area contributed by atoms with Crippen LogP contribution in [0.4, 0.5) is 0 Å².